The second kappa shape index (κ2) is 4.81. The van der Waals surface area contributed by atoms with E-state index in [1.807, 2.05) is 36.4 Å². The molecule has 1 aliphatic rings. The van der Waals surface area contributed by atoms with Crippen molar-refractivity contribution in [3.05, 3.63) is 77.6 Å². The van der Waals surface area contributed by atoms with Crippen LogP contribution >= 0.6 is 0 Å². The van der Waals surface area contributed by atoms with Crippen LogP contribution in [-0.2, 0) is 4.79 Å². The molecule has 0 amide bonds. The fourth-order valence-electron chi connectivity index (χ4n) is 2.49. The molecule has 1 nitrogen and oxygen atoms in total. The molecule has 1 aliphatic carbocycles. The number of Topliss-reactive ketones (excluding diaryl/α,β-unsaturated/α-hetero) is 1. The average molecular weight is 252 g/mol. The van der Waals surface area contributed by atoms with Crippen LogP contribution in [0, 0.1) is 5.82 Å². The summed E-state index contributed by atoms with van der Waals surface area (Å²) in [6.45, 7) is 0. The molecule has 0 radical (unpaired) electrons. The van der Waals surface area contributed by atoms with Crippen LogP contribution < -0.4 is 0 Å². The topological polar surface area (TPSA) is 17.1 Å². The summed E-state index contributed by atoms with van der Waals surface area (Å²) in [6, 6.07) is 15.9. The lowest BCUT2D eigenvalue weighted by atomic mass is 9.93. The number of ketones is 1. The monoisotopic (exact) mass is 252 g/mol. The van der Waals surface area contributed by atoms with Crippen LogP contribution in [0.25, 0.3) is 5.57 Å². The first-order valence-corrected chi connectivity index (χ1v) is 6.31. The third kappa shape index (κ3) is 2.22. The van der Waals surface area contributed by atoms with Crippen molar-refractivity contribution in [1.82, 2.24) is 0 Å². The smallest absolute Gasteiger partial charge is 0.170 e. The van der Waals surface area contributed by atoms with Gasteiger partial charge in [0.2, 0.25) is 0 Å². The lowest BCUT2D eigenvalue weighted by Crippen LogP contribution is -2.08. The van der Waals surface area contributed by atoms with Crippen LogP contribution in [0.15, 0.2) is 60.7 Å². The highest BCUT2D eigenvalue weighted by atomic mass is 19.1. The van der Waals surface area contributed by atoms with Crippen molar-refractivity contribution in [3.8, 4) is 0 Å². The van der Waals surface area contributed by atoms with Gasteiger partial charge in [0.15, 0.2) is 5.78 Å². The molecule has 1 unspecified atom stereocenters. The molecule has 1 atom stereocenters. The summed E-state index contributed by atoms with van der Waals surface area (Å²) in [4.78, 5) is 12.4. The van der Waals surface area contributed by atoms with Gasteiger partial charge in [0.05, 0.1) is 5.92 Å². The molecule has 0 spiro atoms. The van der Waals surface area contributed by atoms with Crippen LogP contribution in [0.5, 0.6) is 0 Å². The number of hydrogen-bond acceptors (Lipinski definition) is 1. The molecule has 0 fully saturated rings. The predicted molar refractivity (Wildman–Crippen MR) is 73.2 cm³/mol. The standard InChI is InChI=1S/C17H13FO/c18-14-8-6-13(7-9-14)16-11-10-15(17(16)19)12-4-2-1-3-5-12/h1-10,16H,11H2. The van der Waals surface area contributed by atoms with Gasteiger partial charge in [0, 0.05) is 5.57 Å². The van der Waals surface area contributed by atoms with Crippen LogP contribution in [0.1, 0.15) is 23.5 Å². The molecule has 19 heavy (non-hydrogen) atoms. The molecule has 2 heteroatoms. The Bertz CT molecular complexity index is 626. The Kier molecular flexibility index (Phi) is 3.00. The van der Waals surface area contributed by atoms with Gasteiger partial charge in [-0.3, -0.25) is 4.79 Å². The summed E-state index contributed by atoms with van der Waals surface area (Å²) in [5.74, 6) is -0.320. The van der Waals surface area contributed by atoms with Crippen molar-refractivity contribution >= 4 is 11.4 Å². The Labute approximate surface area is 111 Å². The molecule has 0 aliphatic heterocycles. The third-order valence-electron chi connectivity index (χ3n) is 3.50. The minimum atomic E-state index is -0.273. The average Bonchev–Trinajstić information content (AvgIpc) is 2.83. The van der Waals surface area contributed by atoms with Crippen molar-refractivity contribution in [2.75, 3.05) is 0 Å². The van der Waals surface area contributed by atoms with Crippen molar-refractivity contribution < 1.29 is 9.18 Å². The maximum absolute atomic E-state index is 12.9. The molecule has 94 valence electrons. The normalized spacial score (nSPS) is 18.5. The number of carbonyl (C=O) groups excluding carboxylic acids is 1. The minimum Gasteiger partial charge on any atom is -0.293 e. The van der Waals surface area contributed by atoms with E-state index < -0.39 is 0 Å². The van der Waals surface area contributed by atoms with Gasteiger partial charge < -0.3 is 0 Å². The zero-order valence-corrected chi connectivity index (χ0v) is 10.3. The molecule has 0 saturated carbocycles. The summed E-state index contributed by atoms with van der Waals surface area (Å²) in [6.07, 6.45) is 2.67. The first-order chi connectivity index (χ1) is 9.25. The summed E-state index contributed by atoms with van der Waals surface area (Å²) in [5, 5.41) is 0. The molecule has 0 bridgehead atoms. The van der Waals surface area contributed by atoms with E-state index in [0.717, 1.165) is 16.7 Å². The van der Waals surface area contributed by atoms with Gasteiger partial charge in [-0.2, -0.15) is 0 Å². The molecule has 2 aromatic rings. The SMILES string of the molecule is O=C1C(c2ccccc2)=CCC1c1ccc(F)cc1. The maximum atomic E-state index is 12.9. The van der Waals surface area contributed by atoms with Crippen molar-refractivity contribution in [2.45, 2.75) is 12.3 Å². The van der Waals surface area contributed by atoms with Gasteiger partial charge in [-0.25, -0.2) is 4.39 Å². The number of benzene rings is 2. The predicted octanol–water partition coefficient (Wildman–Crippen LogP) is 3.97. The van der Waals surface area contributed by atoms with Crippen molar-refractivity contribution in [2.24, 2.45) is 0 Å². The molecule has 0 heterocycles. The largest absolute Gasteiger partial charge is 0.293 e. The molecule has 3 rings (SSSR count). The van der Waals surface area contributed by atoms with E-state index in [1.165, 1.54) is 12.1 Å². The maximum Gasteiger partial charge on any atom is 0.170 e. The Morgan fingerprint density at radius 3 is 2.32 bits per heavy atom. The number of rotatable bonds is 2. The van der Waals surface area contributed by atoms with E-state index in [-0.39, 0.29) is 17.5 Å². The number of halogens is 1. The summed E-state index contributed by atoms with van der Waals surface area (Å²) >= 11 is 0. The van der Waals surface area contributed by atoms with Crippen LogP contribution in [-0.4, -0.2) is 5.78 Å². The summed E-state index contributed by atoms with van der Waals surface area (Å²) < 4.78 is 12.9. The van der Waals surface area contributed by atoms with Crippen LogP contribution in [0.2, 0.25) is 0 Å². The fourth-order valence-corrected chi connectivity index (χ4v) is 2.49. The minimum absolute atomic E-state index is 0.123. The second-order valence-electron chi connectivity index (χ2n) is 4.69. The van der Waals surface area contributed by atoms with Crippen LogP contribution in [0.4, 0.5) is 4.39 Å². The van der Waals surface area contributed by atoms with E-state index in [0.29, 0.717) is 6.42 Å². The first-order valence-electron chi connectivity index (χ1n) is 6.31. The number of carbonyl (C=O) groups is 1. The van der Waals surface area contributed by atoms with E-state index in [1.54, 1.807) is 12.1 Å². The fraction of sp³-hybridized carbons (Fsp3) is 0.118. The van der Waals surface area contributed by atoms with E-state index in [2.05, 4.69) is 0 Å². The highest BCUT2D eigenvalue weighted by Gasteiger charge is 2.29. The Morgan fingerprint density at radius 1 is 0.947 bits per heavy atom. The molecular weight excluding hydrogens is 239 g/mol. The zero-order chi connectivity index (χ0) is 13.2. The van der Waals surface area contributed by atoms with Gasteiger partial charge in [0.25, 0.3) is 0 Å². The Morgan fingerprint density at radius 2 is 1.63 bits per heavy atom. The Balaban J connectivity index is 1.87. The highest BCUT2D eigenvalue weighted by molar-refractivity contribution is 6.25. The second-order valence-corrected chi connectivity index (χ2v) is 4.69. The van der Waals surface area contributed by atoms with Gasteiger partial charge in [-0.05, 0) is 29.7 Å². The van der Waals surface area contributed by atoms with Crippen LogP contribution in [0.3, 0.4) is 0 Å². The van der Waals surface area contributed by atoms with Gasteiger partial charge in [0.1, 0.15) is 5.82 Å². The summed E-state index contributed by atoms with van der Waals surface area (Å²) in [7, 11) is 0. The van der Waals surface area contributed by atoms with Gasteiger partial charge in [-0.15, -0.1) is 0 Å². The lowest BCUT2D eigenvalue weighted by molar-refractivity contribution is -0.114. The molecule has 0 aromatic heterocycles. The first kappa shape index (κ1) is 11.8. The van der Waals surface area contributed by atoms with E-state index in [9.17, 15) is 9.18 Å². The van der Waals surface area contributed by atoms with Gasteiger partial charge >= 0.3 is 0 Å². The lowest BCUT2D eigenvalue weighted by Gasteiger charge is -2.10. The van der Waals surface area contributed by atoms with Crippen molar-refractivity contribution in [3.63, 3.8) is 0 Å². The highest BCUT2D eigenvalue weighted by Crippen LogP contribution is 2.35. The summed E-state index contributed by atoms with van der Waals surface area (Å²) in [5.41, 5.74) is 2.61. The van der Waals surface area contributed by atoms with E-state index in [4.69, 9.17) is 0 Å². The Hall–Kier alpha value is -2.22. The quantitative estimate of drug-likeness (QED) is 0.790. The zero-order valence-electron chi connectivity index (χ0n) is 10.3. The molecule has 0 N–H and O–H groups in total. The molecule has 2 aromatic carbocycles. The number of hydrogen-bond donors (Lipinski definition) is 0. The van der Waals surface area contributed by atoms with E-state index >= 15 is 0 Å². The molecular formula is C17H13FO. The number of allylic oxidation sites excluding steroid dienone is 2. The van der Waals surface area contributed by atoms with Crippen molar-refractivity contribution in [1.29, 1.82) is 0 Å². The third-order valence-corrected chi connectivity index (χ3v) is 3.50. The van der Waals surface area contributed by atoms with Gasteiger partial charge in [-0.1, -0.05) is 48.5 Å². The molecule has 0 saturated heterocycles.